The highest BCUT2D eigenvalue weighted by atomic mass is 16.5. The van der Waals surface area contributed by atoms with E-state index < -0.39 is 5.60 Å². The first kappa shape index (κ1) is 14.8. The molecule has 2 N–H and O–H groups in total. The molecule has 4 nitrogen and oxygen atoms in total. The molecular weight excluding hydrogens is 240 g/mol. The number of amides is 1. The van der Waals surface area contributed by atoms with Crippen LogP contribution in [0.5, 0.6) is 0 Å². The summed E-state index contributed by atoms with van der Waals surface area (Å²) in [6, 6.07) is 0.411. The van der Waals surface area contributed by atoms with E-state index in [1.54, 1.807) is 0 Å². The van der Waals surface area contributed by atoms with E-state index in [4.69, 9.17) is 10.5 Å². The van der Waals surface area contributed by atoms with E-state index in [2.05, 4.69) is 4.90 Å². The Morgan fingerprint density at radius 3 is 2.63 bits per heavy atom. The van der Waals surface area contributed by atoms with E-state index in [0.29, 0.717) is 12.6 Å². The predicted molar refractivity (Wildman–Crippen MR) is 75.8 cm³/mol. The molecule has 1 aliphatic carbocycles. The second-order valence-electron chi connectivity index (χ2n) is 6.12. The van der Waals surface area contributed by atoms with Crippen LogP contribution in [0.15, 0.2) is 0 Å². The molecule has 1 atom stereocenters. The standard InChI is InChI=1S/C15H28N2O2/c1-15(9-5-12-19-15)14(18)17(11-6-10-16)13-7-3-2-4-8-13/h13H,2-12,16H2,1H3. The van der Waals surface area contributed by atoms with Gasteiger partial charge in [0.1, 0.15) is 5.60 Å². The zero-order valence-electron chi connectivity index (χ0n) is 12.2. The van der Waals surface area contributed by atoms with Crippen molar-refractivity contribution in [2.75, 3.05) is 19.7 Å². The van der Waals surface area contributed by atoms with Crippen molar-refractivity contribution in [1.82, 2.24) is 4.90 Å². The molecule has 2 rings (SSSR count). The smallest absolute Gasteiger partial charge is 0.254 e. The first-order valence-electron chi connectivity index (χ1n) is 7.82. The Morgan fingerprint density at radius 1 is 1.32 bits per heavy atom. The van der Waals surface area contributed by atoms with Crippen molar-refractivity contribution in [2.24, 2.45) is 5.73 Å². The monoisotopic (exact) mass is 268 g/mol. The van der Waals surface area contributed by atoms with Gasteiger partial charge in [-0.25, -0.2) is 0 Å². The minimum absolute atomic E-state index is 0.199. The molecule has 0 spiro atoms. The average Bonchev–Trinajstić information content (AvgIpc) is 2.88. The number of nitrogens with two attached hydrogens (primary N) is 1. The van der Waals surface area contributed by atoms with Crippen LogP contribution in [0.4, 0.5) is 0 Å². The van der Waals surface area contributed by atoms with Crippen LogP contribution in [0.2, 0.25) is 0 Å². The summed E-state index contributed by atoms with van der Waals surface area (Å²) in [5.41, 5.74) is 5.05. The number of ether oxygens (including phenoxy) is 1. The predicted octanol–water partition coefficient (Wildman–Crippen LogP) is 2.07. The zero-order chi connectivity index (χ0) is 13.7. The maximum Gasteiger partial charge on any atom is 0.254 e. The van der Waals surface area contributed by atoms with Gasteiger partial charge >= 0.3 is 0 Å². The van der Waals surface area contributed by atoms with Crippen molar-refractivity contribution in [1.29, 1.82) is 0 Å². The number of nitrogens with zero attached hydrogens (tertiary/aromatic N) is 1. The Bertz CT molecular complexity index is 295. The Morgan fingerprint density at radius 2 is 2.05 bits per heavy atom. The quantitative estimate of drug-likeness (QED) is 0.830. The zero-order valence-corrected chi connectivity index (χ0v) is 12.2. The van der Waals surface area contributed by atoms with Crippen molar-refractivity contribution >= 4 is 5.91 Å². The number of rotatable bonds is 5. The second-order valence-corrected chi connectivity index (χ2v) is 6.12. The molecule has 1 aliphatic heterocycles. The topological polar surface area (TPSA) is 55.6 Å². The molecule has 1 unspecified atom stereocenters. The molecule has 1 saturated heterocycles. The molecule has 0 bridgehead atoms. The fourth-order valence-corrected chi connectivity index (χ4v) is 3.36. The van der Waals surface area contributed by atoms with E-state index in [1.165, 1.54) is 19.3 Å². The summed E-state index contributed by atoms with van der Waals surface area (Å²) in [5.74, 6) is 0.199. The molecule has 19 heavy (non-hydrogen) atoms. The molecule has 0 aromatic heterocycles. The molecule has 0 radical (unpaired) electrons. The van der Waals surface area contributed by atoms with Crippen molar-refractivity contribution < 1.29 is 9.53 Å². The summed E-state index contributed by atoms with van der Waals surface area (Å²) in [6.45, 7) is 4.12. The lowest BCUT2D eigenvalue weighted by molar-refractivity contribution is -0.154. The highest BCUT2D eigenvalue weighted by Gasteiger charge is 2.42. The Kier molecular flexibility index (Phi) is 5.22. The lowest BCUT2D eigenvalue weighted by Crippen LogP contribution is -2.52. The SMILES string of the molecule is CC1(C(=O)N(CCCN)C2CCCCC2)CCCO1. The number of hydrogen-bond acceptors (Lipinski definition) is 3. The molecule has 2 aliphatic rings. The van der Waals surface area contributed by atoms with Crippen molar-refractivity contribution in [3.63, 3.8) is 0 Å². The summed E-state index contributed by atoms with van der Waals surface area (Å²) in [4.78, 5) is 14.9. The van der Waals surface area contributed by atoms with Crippen LogP contribution in [0.25, 0.3) is 0 Å². The van der Waals surface area contributed by atoms with Crippen LogP contribution in [0.1, 0.15) is 58.3 Å². The largest absolute Gasteiger partial charge is 0.365 e. The molecule has 1 heterocycles. The summed E-state index contributed by atoms with van der Waals surface area (Å²) >= 11 is 0. The lowest BCUT2D eigenvalue weighted by Gasteiger charge is -2.38. The van der Waals surface area contributed by atoms with E-state index in [9.17, 15) is 4.79 Å². The lowest BCUT2D eigenvalue weighted by atomic mass is 9.91. The Labute approximate surface area is 116 Å². The molecule has 1 saturated carbocycles. The van der Waals surface area contributed by atoms with Gasteiger partial charge in [-0.3, -0.25) is 4.79 Å². The van der Waals surface area contributed by atoms with Crippen molar-refractivity contribution in [2.45, 2.75) is 69.9 Å². The minimum atomic E-state index is -0.577. The van der Waals surface area contributed by atoms with Gasteiger partial charge in [-0.1, -0.05) is 19.3 Å². The molecule has 2 fully saturated rings. The normalized spacial score (nSPS) is 28.5. The molecule has 110 valence electrons. The van der Waals surface area contributed by atoms with Gasteiger partial charge in [-0.05, 0) is 45.6 Å². The van der Waals surface area contributed by atoms with E-state index in [-0.39, 0.29) is 5.91 Å². The summed E-state index contributed by atoms with van der Waals surface area (Å²) in [6.07, 6.45) is 8.83. The fraction of sp³-hybridized carbons (Fsp3) is 0.933. The molecule has 0 aromatic carbocycles. The molecule has 1 amide bonds. The van der Waals surface area contributed by atoms with Crippen LogP contribution in [-0.2, 0) is 9.53 Å². The van der Waals surface area contributed by atoms with Crippen molar-refractivity contribution in [3.8, 4) is 0 Å². The molecular formula is C15H28N2O2. The Balaban J connectivity index is 2.04. The summed E-state index contributed by atoms with van der Waals surface area (Å²) < 4.78 is 5.73. The van der Waals surface area contributed by atoms with Crippen LogP contribution < -0.4 is 5.73 Å². The van der Waals surface area contributed by atoms with E-state index in [0.717, 1.165) is 45.3 Å². The number of carbonyl (C=O) groups is 1. The Hall–Kier alpha value is -0.610. The van der Waals surface area contributed by atoms with Gasteiger partial charge < -0.3 is 15.4 Å². The third kappa shape index (κ3) is 3.48. The first-order valence-corrected chi connectivity index (χ1v) is 7.82. The van der Waals surface area contributed by atoms with Gasteiger partial charge in [0, 0.05) is 19.2 Å². The average molecular weight is 268 g/mol. The summed E-state index contributed by atoms with van der Waals surface area (Å²) in [5, 5.41) is 0. The van der Waals surface area contributed by atoms with Crippen LogP contribution in [0, 0.1) is 0 Å². The summed E-state index contributed by atoms with van der Waals surface area (Å²) in [7, 11) is 0. The highest BCUT2D eigenvalue weighted by molar-refractivity contribution is 5.85. The van der Waals surface area contributed by atoms with Gasteiger partial charge in [0.25, 0.3) is 5.91 Å². The third-order valence-corrected chi connectivity index (χ3v) is 4.55. The van der Waals surface area contributed by atoms with E-state index >= 15 is 0 Å². The number of carbonyl (C=O) groups excluding carboxylic acids is 1. The molecule has 0 aromatic rings. The van der Waals surface area contributed by atoms with Gasteiger partial charge in [-0.15, -0.1) is 0 Å². The third-order valence-electron chi connectivity index (χ3n) is 4.55. The highest BCUT2D eigenvalue weighted by Crippen LogP contribution is 2.31. The van der Waals surface area contributed by atoms with Gasteiger partial charge in [0.05, 0.1) is 0 Å². The van der Waals surface area contributed by atoms with E-state index in [1.807, 2.05) is 6.92 Å². The van der Waals surface area contributed by atoms with Crippen LogP contribution in [0.3, 0.4) is 0 Å². The van der Waals surface area contributed by atoms with Gasteiger partial charge in [0.15, 0.2) is 0 Å². The number of hydrogen-bond donors (Lipinski definition) is 1. The second kappa shape index (κ2) is 6.71. The van der Waals surface area contributed by atoms with Gasteiger partial charge in [0.2, 0.25) is 0 Å². The van der Waals surface area contributed by atoms with Crippen molar-refractivity contribution in [3.05, 3.63) is 0 Å². The first-order chi connectivity index (χ1) is 9.17. The fourth-order valence-electron chi connectivity index (χ4n) is 3.36. The minimum Gasteiger partial charge on any atom is -0.365 e. The van der Waals surface area contributed by atoms with Gasteiger partial charge in [-0.2, -0.15) is 0 Å². The maximum absolute atomic E-state index is 12.8. The van der Waals surface area contributed by atoms with Crippen LogP contribution in [-0.4, -0.2) is 42.1 Å². The van der Waals surface area contributed by atoms with Crippen LogP contribution >= 0.6 is 0 Å². The molecule has 4 heteroatoms. The maximum atomic E-state index is 12.8.